The molecule has 1 N–H and O–H groups in total. The number of urea groups is 1. The van der Waals surface area contributed by atoms with Crippen molar-refractivity contribution < 1.29 is 23.0 Å². The highest BCUT2D eigenvalue weighted by Gasteiger charge is 2.35. The molecular weight excluding hydrogens is 392 g/mol. The van der Waals surface area contributed by atoms with Crippen LogP contribution in [0, 0.1) is 11.6 Å². The fourth-order valence-corrected chi connectivity index (χ4v) is 3.78. The maximum Gasteiger partial charge on any atom is 0.322 e. The fraction of sp³-hybridized carbons (Fsp3) is 0.227. The number of amides is 2. The lowest BCUT2D eigenvalue weighted by atomic mass is 9.98. The van der Waals surface area contributed by atoms with E-state index in [0.29, 0.717) is 30.2 Å². The number of methoxy groups -OCH3 is 2. The highest BCUT2D eigenvalue weighted by molar-refractivity contribution is 5.90. The van der Waals surface area contributed by atoms with Crippen LogP contribution in [0.25, 0.3) is 0 Å². The summed E-state index contributed by atoms with van der Waals surface area (Å²) in [7, 11) is 3.10. The predicted octanol–water partition coefficient (Wildman–Crippen LogP) is 4.42. The topological polar surface area (TPSA) is 55.7 Å². The number of carbonyl (C=O) groups excluding carboxylic acids is 1. The Morgan fingerprint density at radius 1 is 1.03 bits per heavy atom. The quantitative estimate of drug-likeness (QED) is 0.689. The molecule has 1 atom stereocenters. The summed E-state index contributed by atoms with van der Waals surface area (Å²) in [4.78, 5) is 14.7. The monoisotopic (exact) mass is 413 g/mol. The van der Waals surface area contributed by atoms with E-state index in [2.05, 4.69) is 5.32 Å². The lowest BCUT2D eigenvalue weighted by molar-refractivity contribution is 0.180. The van der Waals surface area contributed by atoms with E-state index in [9.17, 15) is 13.6 Å². The standard InChI is InChI=1S/C22H21F2N3O3/c1-29-14-8-9-19(30-2)15(13-14)21-18-7-4-10-26(18)11-12-27(21)22(28)25-20-16(23)5-3-6-17(20)24/h3-10,13,21H,11-12H2,1-2H3,(H,25,28)/t21-/m0/s1. The summed E-state index contributed by atoms with van der Waals surface area (Å²) >= 11 is 0. The molecule has 2 heterocycles. The Morgan fingerprint density at radius 2 is 1.80 bits per heavy atom. The largest absolute Gasteiger partial charge is 0.497 e. The van der Waals surface area contributed by atoms with Gasteiger partial charge in [-0.25, -0.2) is 13.6 Å². The third kappa shape index (κ3) is 3.45. The number of nitrogens with one attached hydrogen (secondary N) is 1. The summed E-state index contributed by atoms with van der Waals surface area (Å²) in [6.07, 6.45) is 1.93. The molecule has 0 saturated carbocycles. The molecule has 0 bridgehead atoms. The summed E-state index contributed by atoms with van der Waals surface area (Å²) < 4.78 is 41.1. The Labute approximate surface area is 172 Å². The van der Waals surface area contributed by atoms with Crippen molar-refractivity contribution >= 4 is 11.7 Å². The van der Waals surface area contributed by atoms with Crippen molar-refractivity contribution in [2.24, 2.45) is 0 Å². The number of aromatic nitrogens is 1. The molecule has 0 spiro atoms. The van der Waals surface area contributed by atoms with Crippen LogP contribution in [0.4, 0.5) is 19.3 Å². The van der Waals surface area contributed by atoms with Gasteiger partial charge in [0.15, 0.2) is 0 Å². The Balaban J connectivity index is 1.77. The van der Waals surface area contributed by atoms with Gasteiger partial charge in [-0.15, -0.1) is 0 Å². The van der Waals surface area contributed by atoms with Crippen molar-refractivity contribution in [3.63, 3.8) is 0 Å². The van der Waals surface area contributed by atoms with Gasteiger partial charge >= 0.3 is 6.03 Å². The highest BCUT2D eigenvalue weighted by atomic mass is 19.1. The first-order valence-corrected chi connectivity index (χ1v) is 9.42. The van der Waals surface area contributed by atoms with Gasteiger partial charge in [0.05, 0.1) is 14.2 Å². The number of para-hydroxylation sites is 1. The van der Waals surface area contributed by atoms with Gasteiger partial charge in [-0.1, -0.05) is 6.07 Å². The normalized spacial score (nSPS) is 15.5. The molecule has 2 amide bonds. The van der Waals surface area contributed by atoms with Crippen molar-refractivity contribution in [2.45, 2.75) is 12.6 Å². The van der Waals surface area contributed by atoms with E-state index in [1.54, 1.807) is 37.3 Å². The average Bonchev–Trinajstić information content (AvgIpc) is 3.24. The van der Waals surface area contributed by atoms with Crippen LogP contribution in [0.3, 0.4) is 0 Å². The van der Waals surface area contributed by atoms with Crippen LogP contribution >= 0.6 is 0 Å². The minimum Gasteiger partial charge on any atom is -0.497 e. The van der Waals surface area contributed by atoms with E-state index in [4.69, 9.17) is 9.47 Å². The molecule has 0 aliphatic carbocycles. The smallest absolute Gasteiger partial charge is 0.322 e. The van der Waals surface area contributed by atoms with Crippen LogP contribution < -0.4 is 14.8 Å². The van der Waals surface area contributed by atoms with E-state index in [-0.39, 0.29) is 0 Å². The van der Waals surface area contributed by atoms with Crippen molar-refractivity contribution in [1.82, 2.24) is 9.47 Å². The van der Waals surface area contributed by atoms with Gasteiger partial charge in [-0.05, 0) is 42.5 Å². The van der Waals surface area contributed by atoms with Gasteiger partial charge in [0.1, 0.15) is 34.9 Å². The molecule has 6 nitrogen and oxygen atoms in total. The Bertz CT molecular complexity index is 1060. The molecule has 1 aromatic heterocycles. The van der Waals surface area contributed by atoms with Crippen molar-refractivity contribution in [3.05, 3.63) is 77.6 Å². The second kappa shape index (κ2) is 8.06. The second-order valence-electron chi connectivity index (χ2n) is 6.86. The van der Waals surface area contributed by atoms with Crippen LogP contribution in [0.5, 0.6) is 11.5 Å². The lowest BCUT2D eigenvalue weighted by Crippen LogP contribution is -2.44. The summed E-state index contributed by atoms with van der Waals surface area (Å²) in [6.45, 7) is 0.896. The van der Waals surface area contributed by atoms with Crippen molar-refractivity contribution in [2.75, 3.05) is 26.1 Å². The number of hydrogen-bond donors (Lipinski definition) is 1. The lowest BCUT2D eigenvalue weighted by Gasteiger charge is -2.37. The number of fused-ring (bicyclic) bond motifs is 1. The van der Waals surface area contributed by atoms with E-state index in [0.717, 1.165) is 17.8 Å². The molecule has 2 aromatic carbocycles. The summed E-state index contributed by atoms with van der Waals surface area (Å²) in [6, 6.07) is 11.4. The Kier molecular flexibility index (Phi) is 5.31. The summed E-state index contributed by atoms with van der Waals surface area (Å²) in [5.41, 5.74) is 1.09. The summed E-state index contributed by atoms with van der Waals surface area (Å²) in [5.74, 6) is -0.487. The van der Waals surface area contributed by atoms with Crippen molar-refractivity contribution in [1.29, 1.82) is 0 Å². The molecule has 30 heavy (non-hydrogen) atoms. The van der Waals surface area contributed by atoms with Crippen LogP contribution in [-0.2, 0) is 6.54 Å². The molecule has 1 aliphatic heterocycles. The molecule has 4 rings (SSSR count). The van der Waals surface area contributed by atoms with Crippen molar-refractivity contribution in [3.8, 4) is 11.5 Å². The van der Waals surface area contributed by atoms with Crippen LogP contribution in [0.1, 0.15) is 17.3 Å². The number of carbonyl (C=O) groups is 1. The SMILES string of the molecule is COc1ccc(OC)c([C@H]2c3cccn3CCN2C(=O)Nc2c(F)cccc2F)c1. The van der Waals surface area contributed by atoms with Crippen LogP contribution in [-0.4, -0.2) is 36.3 Å². The maximum absolute atomic E-state index is 14.1. The highest BCUT2D eigenvalue weighted by Crippen LogP contribution is 2.39. The maximum atomic E-state index is 14.1. The molecule has 0 radical (unpaired) electrons. The van der Waals surface area contributed by atoms with Gasteiger partial charge < -0.3 is 24.3 Å². The number of anilines is 1. The number of ether oxygens (including phenoxy) is 2. The first kappa shape index (κ1) is 19.8. The zero-order chi connectivity index (χ0) is 21.3. The van der Waals surface area contributed by atoms with Gasteiger partial charge in [0.2, 0.25) is 0 Å². The average molecular weight is 413 g/mol. The minimum absolute atomic E-state index is 0.342. The van der Waals surface area contributed by atoms with E-state index in [1.165, 1.54) is 6.07 Å². The van der Waals surface area contributed by atoms with Crippen LogP contribution in [0.2, 0.25) is 0 Å². The van der Waals surface area contributed by atoms with E-state index in [1.807, 2.05) is 22.9 Å². The Hall–Kier alpha value is -3.55. The number of hydrogen-bond acceptors (Lipinski definition) is 3. The molecule has 8 heteroatoms. The molecule has 3 aromatic rings. The zero-order valence-corrected chi connectivity index (χ0v) is 16.6. The first-order valence-electron chi connectivity index (χ1n) is 9.42. The predicted molar refractivity (Wildman–Crippen MR) is 108 cm³/mol. The number of nitrogens with zero attached hydrogens (tertiary/aromatic N) is 2. The Morgan fingerprint density at radius 3 is 2.50 bits per heavy atom. The van der Waals surface area contributed by atoms with E-state index >= 15 is 0 Å². The van der Waals surface area contributed by atoms with Crippen LogP contribution in [0.15, 0.2) is 54.7 Å². The van der Waals surface area contributed by atoms with Gasteiger partial charge in [0.25, 0.3) is 0 Å². The third-order valence-electron chi connectivity index (χ3n) is 5.23. The van der Waals surface area contributed by atoms with Gasteiger partial charge in [-0.2, -0.15) is 0 Å². The summed E-state index contributed by atoms with van der Waals surface area (Å²) in [5, 5.41) is 2.39. The number of benzene rings is 2. The molecule has 0 saturated heterocycles. The third-order valence-corrected chi connectivity index (χ3v) is 5.23. The second-order valence-corrected chi connectivity index (χ2v) is 6.86. The first-order chi connectivity index (χ1) is 14.5. The fourth-order valence-electron chi connectivity index (χ4n) is 3.78. The van der Waals surface area contributed by atoms with E-state index < -0.39 is 29.4 Å². The molecule has 156 valence electrons. The van der Waals surface area contributed by atoms with Gasteiger partial charge in [-0.3, -0.25) is 0 Å². The number of rotatable bonds is 4. The van der Waals surface area contributed by atoms with Gasteiger partial charge in [0, 0.05) is 30.5 Å². The molecule has 1 aliphatic rings. The molecule has 0 unspecified atom stereocenters. The molecule has 0 fully saturated rings. The minimum atomic E-state index is -0.834. The number of halogens is 2. The molecular formula is C22H21F2N3O3. The zero-order valence-electron chi connectivity index (χ0n) is 16.6.